The Kier molecular flexibility index (Phi) is 5.53. The minimum Gasteiger partial charge on any atom is -0.350 e. The molecule has 7 rings (SSSR count). The lowest BCUT2D eigenvalue weighted by molar-refractivity contribution is -0.124. The highest BCUT2D eigenvalue weighted by Gasteiger charge is 2.52. The van der Waals surface area contributed by atoms with E-state index in [2.05, 4.69) is 10.4 Å². The number of nitrogens with zero attached hydrogens (tertiary/aromatic N) is 3. The largest absolute Gasteiger partial charge is 0.350 e. The number of amides is 2. The number of nitrogens with one attached hydrogen (secondary N) is 1. The molecule has 1 saturated heterocycles. The van der Waals surface area contributed by atoms with Crippen LogP contribution in [0.5, 0.6) is 0 Å². The van der Waals surface area contributed by atoms with Crippen LogP contribution in [0.15, 0.2) is 79.0 Å². The number of carbonyl (C=O) groups is 2. The standard InChI is InChI=1S/C31H29FN4O2/c32-23-10-12-24(13-11-23)36-27-15-14-25(17-22(27)18-33-36)35-29(20-4-2-1-3-5-20)28(34-30(37)21-8-9-21)26(31(35)38)16-19-6-7-19/h1-5,10-15,17-19,21,26,28-29H,6-9,16H2,(H,34,37). The second-order valence-electron chi connectivity index (χ2n) is 10.9. The van der Waals surface area contributed by atoms with Gasteiger partial charge in [-0.3, -0.25) is 9.59 Å². The Morgan fingerprint density at radius 3 is 2.39 bits per heavy atom. The van der Waals surface area contributed by atoms with Gasteiger partial charge in [0.15, 0.2) is 0 Å². The SMILES string of the molecule is O=C(NC1C(CC2CC2)C(=O)N(c2ccc3c(cnn3-c3ccc(F)cc3)c2)C1c1ccccc1)C1CC1. The van der Waals surface area contributed by atoms with Gasteiger partial charge in [-0.15, -0.1) is 0 Å². The Morgan fingerprint density at radius 2 is 1.68 bits per heavy atom. The van der Waals surface area contributed by atoms with E-state index in [1.54, 1.807) is 23.0 Å². The fraction of sp³-hybridized carbons (Fsp3) is 0.323. The molecule has 3 atom stereocenters. The third-order valence-corrected chi connectivity index (χ3v) is 8.19. The zero-order valence-corrected chi connectivity index (χ0v) is 21.0. The molecule has 2 amide bonds. The molecule has 2 saturated carbocycles. The van der Waals surface area contributed by atoms with Gasteiger partial charge in [0, 0.05) is 17.0 Å². The van der Waals surface area contributed by atoms with Crippen molar-refractivity contribution in [1.82, 2.24) is 15.1 Å². The van der Waals surface area contributed by atoms with Crippen molar-refractivity contribution in [3.8, 4) is 5.69 Å². The molecule has 0 bridgehead atoms. The average molecular weight is 509 g/mol. The van der Waals surface area contributed by atoms with E-state index in [1.807, 2.05) is 53.4 Å². The maximum Gasteiger partial charge on any atom is 0.232 e. The number of hydrogen-bond acceptors (Lipinski definition) is 3. The summed E-state index contributed by atoms with van der Waals surface area (Å²) >= 11 is 0. The van der Waals surface area contributed by atoms with Gasteiger partial charge in [-0.05, 0) is 73.2 Å². The summed E-state index contributed by atoms with van der Waals surface area (Å²) in [5.74, 6) is 0.214. The molecule has 0 radical (unpaired) electrons. The fourth-order valence-electron chi connectivity index (χ4n) is 5.87. The van der Waals surface area contributed by atoms with Crippen molar-refractivity contribution in [1.29, 1.82) is 0 Å². The van der Waals surface area contributed by atoms with E-state index in [-0.39, 0.29) is 41.6 Å². The Morgan fingerprint density at radius 1 is 0.947 bits per heavy atom. The summed E-state index contributed by atoms with van der Waals surface area (Å²) < 4.78 is 15.2. The second kappa shape index (κ2) is 9.08. The van der Waals surface area contributed by atoms with Crippen LogP contribution < -0.4 is 10.2 Å². The fourth-order valence-corrected chi connectivity index (χ4v) is 5.87. The molecule has 3 fully saturated rings. The van der Waals surface area contributed by atoms with Gasteiger partial charge in [0.1, 0.15) is 5.82 Å². The maximum atomic E-state index is 14.1. The summed E-state index contributed by atoms with van der Waals surface area (Å²) in [6, 6.07) is 21.6. The van der Waals surface area contributed by atoms with Crippen molar-refractivity contribution in [2.24, 2.45) is 17.8 Å². The summed E-state index contributed by atoms with van der Waals surface area (Å²) in [5.41, 5.74) is 3.44. The van der Waals surface area contributed by atoms with Gasteiger partial charge in [0.05, 0.1) is 35.4 Å². The van der Waals surface area contributed by atoms with Crippen LogP contribution in [-0.4, -0.2) is 27.6 Å². The molecule has 4 aromatic rings. The molecule has 3 unspecified atom stereocenters. The van der Waals surface area contributed by atoms with Gasteiger partial charge in [-0.1, -0.05) is 43.2 Å². The summed E-state index contributed by atoms with van der Waals surface area (Å²) in [4.78, 5) is 29.0. The Balaban J connectivity index is 1.30. The molecule has 38 heavy (non-hydrogen) atoms. The first-order valence-electron chi connectivity index (χ1n) is 13.5. The second-order valence-corrected chi connectivity index (χ2v) is 10.9. The van der Waals surface area contributed by atoms with Crippen LogP contribution in [0.2, 0.25) is 0 Å². The van der Waals surface area contributed by atoms with Crippen LogP contribution in [0.1, 0.15) is 43.7 Å². The number of hydrogen-bond donors (Lipinski definition) is 1. The minimum absolute atomic E-state index is 0.0668. The summed E-state index contributed by atoms with van der Waals surface area (Å²) in [7, 11) is 0. The van der Waals surface area contributed by atoms with E-state index in [0.717, 1.165) is 59.9 Å². The average Bonchev–Trinajstić information content (AvgIpc) is 3.87. The lowest BCUT2D eigenvalue weighted by Crippen LogP contribution is -2.43. The number of anilines is 1. The summed E-state index contributed by atoms with van der Waals surface area (Å²) in [5, 5.41) is 8.74. The van der Waals surface area contributed by atoms with Crippen molar-refractivity contribution in [3.05, 3.63) is 90.4 Å². The highest BCUT2D eigenvalue weighted by atomic mass is 19.1. The van der Waals surface area contributed by atoms with E-state index in [1.165, 1.54) is 12.1 Å². The predicted molar refractivity (Wildman–Crippen MR) is 143 cm³/mol. The first-order valence-corrected chi connectivity index (χ1v) is 13.5. The van der Waals surface area contributed by atoms with Crippen LogP contribution in [-0.2, 0) is 9.59 Å². The van der Waals surface area contributed by atoms with Crippen molar-refractivity contribution >= 4 is 28.4 Å². The van der Waals surface area contributed by atoms with Crippen molar-refractivity contribution in [2.45, 2.75) is 44.2 Å². The van der Waals surface area contributed by atoms with E-state index < -0.39 is 0 Å². The number of fused-ring (bicyclic) bond motifs is 1. The van der Waals surface area contributed by atoms with Gasteiger partial charge in [0.2, 0.25) is 11.8 Å². The van der Waals surface area contributed by atoms with Crippen LogP contribution in [0.3, 0.4) is 0 Å². The summed E-state index contributed by atoms with van der Waals surface area (Å²) in [6.07, 6.45) is 6.73. The number of rotatable bonds is 7. The molecule has 2 aliphatic carbocycles. The molecule has 192 valence electrons. The molecule has 1 aromatic heterocycles. The van der Waals surface area contributed by atoms with Crippen LogP contribution >= 0.6 is 0 Å². The monoisotopic (exact) mass is 508 g/mol. The van der Waals surface area contributed by atoms with Crippen LogP contribution in [0, 0.1) is 23.6 Å². The third kappa shape index (κ3) is 4.16. The minimum atomic E-state index is -0.295. The van der Waals surface area contributed by atoms with Gasteiger partial charge in [0.25, 0.3) is 0 Å². The number of carbonyl (C=O) groups excluding carboxylic acids is 2. The topological polar surface area (TPSA) is 67.2 Å². The predicted octanol–water partition coefficient (Wildman–Crippen LogP) is 5.56. The van der Waals surface area contributed by atoms with E-state index in [4.69, 9.17) is 0 Å². The van der Waals surface area contributed by atoms with E-state index in [0.29, 0.717) is 5.92 Å². The molecule has 1 aliphatic heterocycles. The zero-order chi connectivity index (χ0) is 25.8. The Hall–Kier alpha value is -4.00. The molecular weight excluding hydrogens is 479 g/mol. The highest BCUT2D eigenvalue weighted by Crippen LogP contribution is 2.47. The van der Waals surface area contributed by atoms with Crippen molar-refractivity contribution < 1.29 is 14.0 Å². The van der Waals surface area contributed by atoms with Gasteiger partial charge >= 0.3 is 0 Å². The zero-order valence-electron chi connectivity index (χ0n) is 21.0. The molecule has 1 N–H and O–H groups in total. The third-order valence-electron chi connectivity index (χ3n) is 8.19. The molecule has 3 aliphatic rings. The van der Waals surface area contributed by atoms with Gasteiger partial charge in [-0.2, -0.15) is 5.10 Å². The lowest BCUT2D eigenvalue weighted by atomic mass is 9.89. The Labute approximate surface area is 220 Å². The quantitative estimate of drug-likeness (QED) is 0.355. The highest BCUT2D eigenvalue weighted by molar-refractivity contribution is 6.01. The van der Waals surface area contributed by atoms with E-state index >= 15 is 0 Å². The summed E-state index contributed by atoms with van der Waals surface area (Å²) in [6.45, 7) is 0. The van der Waals surface area contributed by atoms with Crippen LogP contribution in [0.4, 0.5) is 10.1 Å². The molecular formula is C31H29FN4O2. The van der Waals surface area contributed by atoms with E-state index in [9.17, 15) is 14.0 Å². The molecule has 0 spiro atoms. The first kappa shape index (κ1) is 23.1. The van der Waals surface area contributed by atoms with Crippen LogP contribution in [0.25, 0.3) is 16.6 Å². The molecule has 7 heteroatoms. The van der Waals surface area contributed by atoms with Crippen molar-refractivity contribution in [2.75, 3.05) is 4.90 Å². The Bertz CT molecular complexity index is 1510. The lowest BCUT2D eigenvalue weighted by Gasteiger charge is -2.30. The molecule has 2 heterocycles. The van der Waals surface area contributed by atoms with Gasteiger partial charge in [-0.25, -0.2) is 9.07 Å². The van der Waals surface area contributed by atoms with Gasteiger partial charge < -0.3 is 10.2 Å². The maximum absolute atomic E-state index is 14.1. The molecule has 6 nitrogen and oxygen atoms in total. The smallest absolute Gasteiger partial charge is 0.232 e. The van der Waals surface area contributed by atoms with Crippen molar-refractivity contribution in [3.63, 3.8) is 0 Å². The first-order chi connectivity index (χ1) is 18.6. The number of halogens is 1. The number of aromatic nitrogens is 2. The normalized spacial score (nSPS) is 23.2. The molecule has 3 aromatic carbocycles. The number of benzene rings is 3.